The normalized spacial score (nSPS) is 10.3. The third-order valence-corrected chi connectivity index (χ3v) is 3.44. The van der Waals surface area contributed by atoms with Crippen LogP contribution in [0.3, 0.4) is 0 Å². The molecule has 0 bridgehead atoms. The fourth-order valence-corrected chi connectivity index (χ4v) is 2.17. The van der Waals surface area contributed by atoms with E-state index in [4.69, 9.17) is 11.6 Å². The van der Waals surface area contributed by atoms with Crippen LogP contribution in [0.25, 0.3) is 0 Å². The zero-order chi connectivity index (χ0) is 16.8. The molecule has 2 N–H and O–H groups in total. The molecule has 0 aliphatic carbocycles. The maximum Gasteiger partial charge on any atom is 0.252 e. The van der Waals surface area contributed by atoms with Gasteiger partial charge in [0.25, 0.3) is 5.91 Å². The Morgan fingerprint density at radius 1 is 1.22 bits per heavy atom. The zero-order valence-electron chi connectivity index (χ0n) is 13.4. The average molecular weight is 334 g/mol. The van der Waals surface area contributed by atoms with E-state index in [2.05, 4.69) is 20.6 Å². The van der Waals surface area contributed by atoms with Gasteiger partial charge < -0.3 is 15.5 Å². The van der Waals surface area contributed by atoms with Gasteiger partial charge in [-0.3, -0.25) is 4.79 Å². The second-order valence-corrected chi connectivity index (χ2v) is 5.66. The van der Waals surface area contributed by atoms with E-state index in [1.807, 2.05) is 32.0 Å². The number of nitrogens with one attached hydrogen (secondary N) is 2. The molecule has 23 heavy (non-hydrogen) atoms. The minimum absolute atomic E-state index is 0.198. The third-order valence-electron chi connectivity index (χ3n) is 3.11. The SMILES string of the molecule is Cc1cc(N(C)C)nc(NCCNC(=O)c2ccccc2Cl)n1. The van der Waals surface area contributed by atoms with Gasteiger partial charge in [0, 0.05) is 38.9 Å². The molecule has 0 atom stereocenters. The van der Waals surface area contributed by atoms with Crippen molar-refractivity contribution < 1.29 is 4.79 Å². The minimum Gasteiger partial charge on any atom is -0.363 e. The second-order valence-electron chi connectivity index (χ2n) is 5.25. The lowest BCUT2D eigenvalue weighted by Crippen LogP contribution is -2.29. The highest BCUT2D eigenvalue weighted by Gasteiger charge is 2.08. The number of hydrogen-bond acceptors (Lipinski definition) is 5. The first-order valence-electron chi connectivity index (χ1n) is 7.27. The quantitative estimate of drug-likeness (QED) is 0.794. The van der Waals surface area contributed by atoms with Crippen molar-refractivity contribution in [2.24, 2.45) is 0 Å². The van der Waals surface area contributed by atoms with E-state index in [1.165, 1.54) is 0 Å². The van der Waals surface area contributed by atoms with Gasteiger partial charge in [0.1, 0.15) is 5.82 Å². The van der Waals surface area contributed by atoms with Crippen molar-refractivity contribution in [3.63, 3.8) is 0 Å². The molecule has 7 heteroatoms. The number of halogens is 1. The molecule has 0 aliphatic rings. The van der Waals surface area contributed by atoms with Crippen molar-refractivity contribution in [3.8, 4) is 0 Å². The molecule has 0 fully saturated rings. The van der Waals surface area contributed by atoms with Crippen LogP contribution in [-0.2, 0) is 0 Å². The number of nitrogens with zero attached hydrogens (tertiary/aromatic N) is 3. The third kappa shape index (κ3) is 4.82. The molecule has 0 spiro atoms. The molecular formula is C16H20ClN5O. The number of hydrogen-bond donors (Lipinski definition) is 2. The zero-order valence-corrected chi connectivity index (χ0v) is 14.2. The molecule has 0 radical (unpaired) electrons. The predicted octanol–water partition coefficient (Wildman–Crippen LogP) is 2.35. The van der Waals surface area contributed by atoms with Crippen molar-refractivity contribution in [1.82, 2.24) is 15.3 Å². The Labute approximate surface area is 140 Å². The van der Waals surface area contributed by atoms with Crippen LogP contribution in [0.2, 0.25) is 5.02 Å². The van der Waals surface area contributed by atoms with Crippen LogP contribution >= 0.6 is 11.6 Å². The fourth-order valence-electron chi connectivity index (χ4n) is 1.95. The van der Waals surface area contributed by atoms with E-state index >= 15 is 0 Å². The minimum atomic E-state index is -0.198. The Morgan fingerprint density at radius 2 is 1.96 bits per heavy atom. The smallest absolute Gasteiger partial charge is 0.252 e. The number of benzene rings is 1. The lowest BCUT2D eigenvalue weighted by atomic mass is 10.2. The standard InChI is InChI=1S/C16H20ClN5O/c1-11-10-14(22(2)3)21-16(20-11)19-9-8-18-15(23)12-6-4-5-7-13(12)17/h4-7,10H,8-9H2,1-3H3,(H,18,23)(H,19,20,21). The molecule has 2 rings (SSSR count). The molecule has 0 saturated carbocycles. The first-order valence-corrected chi connectivity index (χ1v) is 7.65. The first-order chi connectivity index (χ1) is 11.0. The van der Waals surface area contributed by atoms with Crippen LogP contribution in [0.15, 0.2) is 30.3 Å². The number of carbonyl (C=O) groups is 1. The van der Waals surface area contributed by atoms with Gasteiger partial charge >= 0.3 is 0 Å². The summed E-state index contributed by atoms with van der Waals surface area (Å²) in [7, 11) is 3.85. The van der Waals surface area contributed by atoms with Gasteiger partial charge in [0.05, 0.1) is 10.6 Å². The van der Waals surface area contributed by atoms with Gasteiger partial charge in [0.2, 0.25) is 5.95 Å². The Balaban J connectivity index is 1.86. The van der Waals surface area contributed by atoms with Crippen molar-refractivity contribution in [2.45, 2.75) is 6.92 Å². The average Bonchev–Trinajstić information content (AvgIpc) is 2.51. The fraction of sp³-hybridized carbons (Fsp3) is 0.312. The van der Waals surface area contributed by atoms with Gasteiger partial charge in [-0.05, 0) is 19.1 Å². The Morgan fingerprint density at radius 3 is 2.65 bits per heavy atom. The van der Waals surface area contributed by atoms with E-state index in [1.54, 1.807) is 24.3 Å². The monoisotopic (exact) mass is 333 g/mol. The van der Waals surface area contributed by atoms with E-state index in [0.717, 1.165) is 11.5 Å². The molecule has 1 heterocycles. The number of rotatable bonds is 6. The van der Waals surface area contributed by atoms with Gasteiger partial charge in [-0.1, -0.05) is 23.7 Å². The van der Waals surface area contributed by atoms with Crippen LogP contribution < -0.4 is 15.5 Å². The molecular weight excluding hydrogens is 314 g/mol. The summed E-state index contributed by atoms with van der Waals surface area (Å²) in [6.07, 6.45) is 0. The van der Waals surface area contributed by atoms with Gasteiger partial charge in [-0.25, -0.2) is 4.98 Å². The highest BCUT2D eigenvalue weighted by atomic mass is 35.5. The van der Waals surface area contributed by atoms with Crippen LogP contribution in [0, 0.1) is 6.92 Å². The summed E-state index contributed by atoms with van der Waals surface area (Å²) in [5.41, 5.74) is 1.35. The lowest BCUT2D eigenvalue weighted by molar-refractivity contribution is 0.0955. The predicted molar refractivity (Wildman–Crippen MR) is 93.4 cm³/mol. The van der Waals surface area contributed by atoms with Crippen molar-refractivity contribution >= 4 is 29.3 Å². The molecule has 1 amide bonds. The Hall–Kier alpha value is -2.34. The van der Waals surface area contributed by atoms with Gasteiger partial charge in [0.15, 0.2) is 0 Å². The molecule has 1 aromatic carbocycles. The largest absolute Gasteiger partial charge is 0.363 e. The summed E-state index contributed by atoms with van der Waals surface area (Å²) in [4.78, 5) is 22.6. The first kappa shape index (κ1) is 17.0. The lowest BCUT2D eigenvalue weighted by Gasteiger charge is -2.14. The van der Waals surface area contributed by atoms with E-state index < -0.39 is 0 Å². The summed E-state index contributed by atoms with van der Waals surface area (Å²) in [5, 5.41) is 6.36. The van der Waals surface area contributed by atoms with E-state index in [0.29, 0.717) is 29.6 Å². The summed E-state index contributed by atoms with van der Waals surface area (Å²) < 4.78 is 0. The molecule has 2 aromatic rings. The number of aromatic nitrogens is 2. The summed E-state index contributed by atoms with van der Waals surface area (Å²) >= 11 is 5.99. The molecule has 122 valence electrons. The van der Waals surface area contributed by atoms with Crippen LogP contribution in [0.1, 0.15) is 16.1 Å². The molecule has 1 aromatic heterocycles. The highest BCUT2D eigenvalue weighted by Crippen LogP contribution is 2.14. The van der Waals surface area contributed by atoms with Crippen LogP contribution in [0.5, 0.6) is 0 Å². The summed E-state index contributed by atoms with van der Waals surface area (Å²) in [6.45, 7) is 2.88. The van der Waals surface area contributed by atoms with Gasteiger partial charge in [-0.15, -0.1) is 0 Å². The van der Waals surface area contributed by atoms with Crippen LogP contribution in [0.4, 0.5) is 11.8 Å². The summed E-state index contributed by atoms with van der Waals surface area (Å²) in [6, 6.07) is 8.86. The maximum absolute atomic E-state index is 12.0. The maximum atomic E-state index is 12.0. The number of anilines is 2. The molecule has 0 aliphatic heterocycles. The highest BCUT2D eigenvalue weighted by molar-refractivity contribution is 6.33. The number of carbonyl (C=O) groups excluding carboxylic acids is 1. The Bertz CT molecular complexity index is 690. The van der Waals surface area contributed by atoms with E-state index in [-0.39, 0.29) is 5.91 Å². The van der Waals surface area contributed by atoms with Gasteiger partial charge in [-0.2, -0.15) is 4.98 Å². The molecule has 6 nitrogen and oxygen atoms in total. The Kier molecular flexibility index (Phi) is 5.76. The second kappa shape index (κ2) is 7.78. The number of amides is 1. The number of aryl methyl sites for hydroxylation is 1. The topological polar surface area (TPSA) is 70.2 Å². The van der Waals surface area contributed by atoms with Crippen LogP contribution in [-0.4, -0.2) is 43.1 Å². The molecule has 0 saturated heterocycles. The van der Waals surface area contributed by atoms with Crippen molar-refractivity contribution in [2.75, 3.05) is 37.4 Å². The van der Waals surface area contributed by atoms with Crippen molar-refractivity contribution in [1.29, 1.82) is 0 Å². The molecule has 0 unspecified atom stereocenters. The summed E-state index contributed by atoms with van der Waals surface area (Å²) in [5.74, 6) is 1.18. The van der Waals surface area contributed by atoms with E-state index in [9.17, 15) is 4.79 Å². The van der Waals surface area contributed by atoms with Crippen molar-refractivity contribution in [3.05, 3.63) is 46.6 Å².